The number of aryl methyl sites for hydroxylation is 1. The average molecular weight is 564 g/mol. The molecule has 0 saturated carbocycles. The van der Waals surface area contributed by atoms with Gasteiger partial charge in [0.1, 0.15) is 11.6 Å². The predicted molar refractivity (Wildman–Crippen MR) is 148 cm³/mol. The molecule has 0 aliphatic carbocycles. The van der Waals surface area contributed by atoms with Crippen LogP contribution in [0.25, 0.3) is 0 Å². The molecular weight excluding hydrogens is 534 g/mol. The first kappa shape index (κ1) is 27.5. The normalized spacial score (nSPS) is 22.5. The molecule has 198 valence electrons. The number of benzene rings is 2. The van der Waals surface area contributed by atoms with Crippen molar-refractivity contribution in [1.82, 2.24) is 5.32 Å². The summed E-state index contributed by atoms with van der Waals surface area (Å²) in [6.07, 6.45) is -0.496. The van der Waals surface area contributed by atoms with Gasteiger partial charge in [-0.15, -0.1) is 0 Å². The van der Waals surface area contributed by atoms with E-state index < -0.39 is 33.5 Å². The molecule has 2 heterocycles. The second-order valence-electron chi connectivity index (χ2n) is 10.2. The largest absolute Gasteiger partial charge is 0.444 e. The smallest absolute Gasteiger partial charge is 0.408 e. The van der Waals surface area contributed by atoms with E-state index in [0.29, 0.717) is 15.9 Å². The molecule has 2 amide bonds. The van der Waals surface area contributed by atoms with E-state index in [1.54, 1.807) is 32.9 Å². The van der Waals surface area contributed by atoms with Crippen LogP contribution in [0.15, 0.2) is 53.5 Å². The molecule has 0 aromatic heterocycles. The Morgan fingerprint density at radius 1 is 1.19 bits per heavy atom. The number of hydrogen-bond acceptors (Lipinski definition) is 6. The quantitative estimate of drug-likeness (QED) is 0.575. The number of ether oxygens (including phenoxy) is 1. The number of carbonyl (C=O) groups is 2. The van der Waals surface area contributed by atoms with E-state index >= 15 is 0 Å². The molecule has 2 fully saturated rings. The number of sulfone groups is 1. The number of nitrogens with one attached hydrogen (secondary N) is 1. The van der Waals surface area contributed by atoms with Crippen LogP contribution in [0.3, 0.4) is 0 Å². The number of amidine groups is 1. The number of thioether (sulfide) groups is 1. The van der Waals surface area contributed by atoms with Gasteiger partial charge in [-0.05, 0) is 51.0 Å². The lowest BCUT2D eigenvalue weighted by Gasteiger charge is -2.27. The molecule has 0 bridgehead atoms. The van der Waals surface area contributed by atoms with Gasteiger partial charge in [-0.25, -0.2) is 13.2 Å². The molecule has 3 atom stereocenters. The molecule has 8 nitrogen and oxygen atoms in total. The second-order valence-corrected chi connectivity index (χ2v) is 14.0. The van der Waals surface area contributed by atoms with Crippen LogP contribution in [-0.4, -0.2) is 60.0 Å². The van der Waals surface area contributed by atoms with E-state index in [1.807, 2.05) is 48.2 Å². The van der Waals surface area contributed by atoms with Gasteiger partial charge in [0.15, 0.2) is 15.0 Å². The molecule has 11 heteroatoms. The van der Waals surface area contributed by atoms with Crippen LogP contribution in [-0.2, 0) is 25.8 Å². The fourth-order valence-electron chi connectivity index (χ4n) is 4.36. The van der Waals surface area contributed by atoms with Crippen molar-refractivity contribution < 1.29 is 22.7 Å². The summed E-state index contributed by atoms with van der Waals surface area (Å²) in [5.74, 6) is -0.576. The fraction of sp³-hybridized carbons (Fsp3) is 0.423. The van der Waals surface area contributed by atoms with Crippen molar-refractivity contribution in [2.45, 2.75) is 57.1 Å². The summed E-state index contributed by atoms with van der Waals surface area (Å²) in [5.41, 5.74) is 1.70. The third-order valence-electron chi connectivity index (χ3n) is 5.97. The monoisotopic (exact) mass is 563 g/mol. The lowest BCUT2D eigenvalue weighted by Crippen LogP contribution is -2.45. The molecule has 2 aromatic carbocycles. The minimum Gasteiger partial charge on any atom is -0.444 e. The number of aliphatic imine (C=N–C) groups is 1. The first-order chi connectivity index (χ1) is 17.3. The maximum absolute atomic E-state index is 13.5. The Bertz CT molecular complexity index is 1330. The third-order valence-corrected chi connectivity index (χ3v) is 9.42. The van der Waals surface area contributed by atoms with Gasteiger partial charge in [-0.1, -0.05) is 59.8 Å². The van der Waals surface area contributed by atoms with Crippen molar-refractivity contribution in [3.05, 3.63) is 64.7 Å². The SMILES string of the molecule is Cc1ccc(Cl)cc1N1C(=NC(=O)[C@H](Cc2ccccc2)NC(=O)OC(C)(C)C)S[C@H]2CS(=O)(=O)C[C@@H]21. The first-order valence-corrected chi connectivity index (χ1v) is 15.0. The molecule has 2 aliphatic heterocycles. The Labute approximate surface area is 226 Å². The van der Waals surface area contributed by atoms with Crippen LogP contribution in [0.1, 0.15) is 31.9 Å². The molecule has 2 aromatic rings. The average Bonchev–Trinajstić information content (AvgIpc) is 3.25. The van der Waals surface area contributed by atoms with Crippen molar-refractivity contribution in [3.63, 3.8) is 0 Å². The van der Waals surface area contributed by atoms with E-state index in [2.05, 4.69) is 10.3 Å². The summed E-state index contributed by atoms with van der Waals surface area (Å²) in [6, 6.07) is 13.3. The minimum absolute atomic E-state index is 0.00919. The van der Waals surface area contributed by atoms with Crippen LogP contribution in [0.5, 0.6) is 0 Å². The topological polar surface area (TPSA) is 105 Å². The van der Waals surface area contributed by atoms with Crippen molar-refractivity contribution in [2.75, 3.05) is 16.4 Å². The number of halogens is 1. The summed E-state index contributed by atoms with van der Waals surface area (Å²) < 4.78 is 30.2. The van der Waals surface area contributed by atoms with E-state index in [4.69, 9.17) is 16.3 Å². The van der Waals surface area contributed by atoms with Crippen LogP contribution in [0.4, 0.5) is 10.5 Å². The molecule has 0 radical (unpaired) electrons. The number of anilines is 1. The molecule has 1 N–H and O–H groups in total. The van der Waals surface area contributed by atoms with Gasteiger partial charge in [-0.2, -0.15) is 4.99 Å². The van der Waals surface area contributed by atoms with Crippen molar-refractivity contribution in [1.29, 1.82) is 0 Å². The molecule has 37 heavy (non-hydrogen) atoms. The standard InChI is InChI=1S/C26H30ClN3O5S2/c1-16-10-11-18(27)13-20(16)30-21-14-37(33,34)15-22(21)36-24(30)29-23(31)19(12-17-8-6-5-7-9-17)28-25(32)35-26(2,3)4/h5-11,13,19,21-22H,12,14-15H2,1-4H3,(H,28,32)/t19-,21-,22-/m0/s1. The molecule has 2 aliphatic rings. The number of amides is 2. The number of carbonyl (C=O) groups excluding carboxylic acids is 2. The summed E-state index contributed by atoms with van der Waals surface area (Å²) in [5, 5.41) is 3.30. The second kappa shape index (κ2) is 10.7. The van der Waals surface area contributed by atoms with E-state index in [9.17, 15) is 18.0 Å². The zero-order valence-corrected chi connectivity index (χ0v) is 23.5. The number of fused-ring (bicyclic) bond motifs is 1. The Kier molecular flexibility index (Phi) is 7.92. The zero-order valence-electron chi connectivity index (χ0n) is 21.1. The van der Waals surface area contributed by atoms with Crippen molar-refractivity contribution >= 4 is 56.1 Å². The number of nitrogens with zero attached hydrogens (tertiary/aromatic N) is 2. The molecule has 2 saturated heterocycles. The van der Waals surface area contributed by atoms with Gasteiger partial charge >= 0.3 is 6.09 Å². The summed E-state index contributed by atoms with van der Waals surface area (Å²) >= 11 is 7.55. The van der Waals surface area contributed by atoms with Gasteiger partial charge in [0.2, 0.25) is 0 Å². The summed E-state index contributed by atoms with van der Waals surface area (Å²) in [4.78, 5) is 32.4. The Balaban J connectivity index is 1.68. The van der Waals surface area contributed by atoms with Crippen LogP contribution in [0, 0.1) is 6.92 Å². The van der Waals surface area contributed by atoms with E-state index in [0.717, 1.165) is 11.1 Å². The zero-order chi connectivity index (χ0) is 27.0. The van der Waals surface area contributed by atoms with Gasteiger partial charge in [0.25, 0.3) is 5.91 Å². The Morgan fingerprint density at radius 2 is 1.89 bits per heavy atom. The summed E-state index contributed by atoms with van der Waals surface area (Å²) in [7, 11) is -3.22. The first-order valence-electron chi connectivity index (χ1n) is 11.9. The molecular formula is C26H30ClN3O5S2. The Hall–Kier alpha value is -2.56. The highest BCUT2D eigenvalue weighted by Crippen LogP contribution is 2.42. The highest BCUT2D eigenvalue weighted by molar-refractivity contribution is 8.16. The van der Waals surface area contributed by atoms with Crippen LogP contribution < -0.4 is 10.2 Å². The van der Waals surface area contributed by atoms with Gasteiger partial charge in [0, 0.05) is 22.4 Å². The molecule has 4 rings (SSSR count). The minimum atomic E-state index is -3.22. The number of hydrogen-bond donors (Lipinski definition) is 1. The molecule has 0 unspecified atom stereocenters. The maximum Gasteiger partial charge on any atom is 0.408 e. The van der Waals surface area contributed by atoms with Crippen LogP contribution >= 0.6 is 23.4 Å². The number of alkyl carbamates (subject to hydrolysis) is 1. The van der Waals surface area contributed by atoms with Crippen molar-refractivity contribution in [3.8, 4) is 0 Å². The lowest BCUT2D eigenvalue weighted by atomic mass is 10.1. The van der Waals surface area contributed by atoms with E-state index in [-0.39, 0.29) is 29.2 Å². The van der Waals surface area contributed by atoms with Gasteiger partial charge in [0.05, 0.1) is 17.5 Å². The predicted octanol–water partition coefficient (Wildman–Crippen LogP) is 4.39. The molecule has 0 spiro atoms. The third kappa shape index (κ3) is 6.86. The fourth-order valence-corrected chi connectivity index (χ4v) is 8.44. The van der Waals surface area contributed by atoms with E-state index in [1.165, 1.54) is 11.8 Å². The summed E-state index contributed by atoms with van der Waals surface area (Å²) in [6.45, 7) is 7.13. The van der Waals surface area contributed by atoms with Gasteiger partial charge in [-0.3, -0.25) is 4.79 Å². The highest BCUT2D eigenvalue weighted by atomic mass is 35.5. The van der Waals surface area contributed by atoms with Gasteiger partial charge < -0.3 is 15.0 Å². The lowest BCUT2D eigenvalue weighted by molar-refractivity contribution is -0.119. The Morgan fingerprint density at radius 3 is 2.57 bits per heavy atom. The highest BCUT2D eigenvalue weighted by Gasteiger charge is 2.50. The van der Waals surface area contributed by atoms with Crippen molar-refractivity contribution in [2.24, 2.45) is 4.99 Å². The number of rotatable bonds is 5. The maximum atomic E-state index is 13.5. The van der Waals surface area contributed by atoms with Crippen LogP contribution in [0.2, 0.25) is 5.02 Å².